The number of aromatic amines is 1. The van der Waals surface area contributed by atoms with E-state index in [1.54, 1.807) is 7.11 Å². The van der Waals surface area contributed by atoms with Gasteiger partial charge in [0.2, 0.25) is 10.0 Å². The van der Waals surface area contributed by atoms with Crippen molar-refractivity contribution < 1.29 is 17.9 Å². The average molecular weight is 470 g/mol. The third-order valence-electron chi connectivity index (χ3n) is 4.68. The summed E-state index contributed by atoms with van der Waals surface area (Å²) in [5, 5.41) is 3.82. The second kappa shape index (κ2) is 8.85. The van der Waals surface area contributed by atoms with Gasteiger partial charge in [0.15, 0.2) is 0 Å². The van der Waals surface area contributed by atoms with Gasteiger partial charge in [0.25, 0.3) is 5.91 Å². The number of nitrogens with one attached hydrogen (secondary N) is 2. The molecule has 10 heteroatoms. The molecule has 0 radical (unpaired) electrons. The van der Waals surface area contributed by atoms with Crippen LogP contribution in [0, 0.1) is 0 Å². The summed E-state index contributed by atoms with van der Waals surface area (Å²) in [6, 6.07) is 8.19. The van der Waals surface area contributed by atoms with Gasteiger partial charge in [-0.05, 0) is 42.3 Å². The van der Waals surface area contributed by atoms with Crippen LogP contribution in [0.2, 0.25) is 10.0 Å². The molecule has 30 heavy (non-hydrogen) atoms. The Morgan fingerprint density at radius 1 is 1.17 bits per heavy atom. The SMILES string of the molecule is COc1ccc2[nH]cc(CCNC(=O)c3cc(S(=O)(=O)N(C)C)c(Cl)cc3Cl)c2c1. The zero-order valence-corrected chi connectivity index (χ0v) is 19.0. The fourth-order valence-electron chi connectivity index (χ4n) is 2.99. The van der Waals surface area contributed by atoms with E-state index in [9.17, 15) is 13.2 Å². The zero-order chi connectivity index (χ0) is 22.1. The van der Waals surface area contributed by atoms with E-state index in [0.717, 1.165) is 26.5 Å². The molecule has 2 aromatic carbocycles. The van der Waals surface area contributed by atoms with Crippen molar-refractivity contribution in [2.24, 2.45) is 0 Å². The van der Waals surface area contributed by atoms with Crippen molar-refractivity contribution in [2.75, 3.05) is 27.7 Å². The number of amides is 1. The smallest absolute Gasteiger partial charge is 0.252 e. The van der Waals surface area contributed by atoms with Gasteiger partial charge in [-0.1, -0.05) is 23.2 Å². The Labute approximate surface area is 185 Å². The summed E-state index contributed by atoms with van der Waals surface area (Å²) < 4.78 is 31.2. The number of ether oxygens (including phenoxy) is 1. The Bertz CT molecular complexity index is 1210. The fourth-order valence-corrected chi connectivity index (χ4v) is 4.72. The molecule has 0 aliphatic heterocycles. The maximum Gasteiger partial charge on any atom is 0.252 e. The van der Waals surface area contributed by atoms with E-state index in [4.69, 9.17) is 27.9 Å². The number of carbonyl (C=O) groups is 1. The molecule has 0 aliphatic rings. The highest BCUT2D eigenvalue weighted by Gasteiger charge is 2.24. The monoisotopic (exact) mass is 469 g/mol. The van der Waals surface area contributed by atoms with Gasteiger partial charge < -0.3 is 15.0 Å². The number of rotatable bonds is 7. The van der Waals surface area contributed by atoms with Crippen molar-refractivity contribution in [3.63, 3.8) is 0 Å². The van der Waals surface area contributed by atoms with E-state index < -0.39 is 15.9 Å². The molecule has 0 bridgehead atoms. The van der Waals surface area contributed by atoms with Gasteiger partial charge in [0.1, 0.15) is 10.6 Å². The number of aromatic nitrogens is 1. The van der Waals surface area contributed by atoms with Crippen LogP contribution in [0.15, 0.2) is 41.4 Å². The van der Waals surface area contributed by atoms with Crippen LogP contribution in [0.5, 0.6) is 5.75 Å². The van der Waals surface area contributed by atoms with Crippen LogP contribution < -0.4 is 10.1 Å². The Hall–Kier alpha value is -2.26. The summed E-state index contributed by atoms with van der Waals surface area (Å²) in [7, 11) is 0.555. The number of sulfonamides is 1. The molecule has 3 aromatic rings. The number of halogens is 2. The predicted molar refractivity (Wildman–Crippen MR) is 118 cm³/mol. The lowest BCUT2D eigenvalue weighted by Gasteiger charge is -2.15. The summed E-state index contributed by atoms with van der Waals surface area (Å²) in [5.41, 5.74) is 2.03. The van der Waals surface area contributed by atoms with Crippen molar-refractivity contribution >= 4 is 50.0 Å². The van der Waals surface area contributed by atoms with Crippen LogP contribution in [0.25, 0.3) is 10.9 Å². The first-order chi connectivity index (χ1) is 14.1. The molecule has 0 aliphatic carbocycles. The van der Waals surface area contributed by atoms with Gasteiger partial charge in [-0.3, -0.25) is 4.79 Å². The number of carbonyl (C=O) groups excluding carboxylic acids is 1. The minimum absolute atomic E-state index is 0.0435. The molecular weight excluding hydrogens is 449 g/mol. The molecule has 0 saturated carbocycles. The lowest BCUT2D eigenvalue weighted by molar-refractivity contribution is 0.0954. The zero-order valence-electron chi connectivity index (χ0n) is 16.6. The quantitative estimate of drug-likeness (QED) is 0.551. The molecule has 0 unspecified atom stereocenters. The minimum atomic E-state index is -3.82. The van der Waals surface area contributed by atoms with Gasteiger partial charge >= 0.3 is 0 Å². The molecule has 160 valence electrons. The minimum Gasteiger partial charge on any atom is -0.497 e. The number of nitrogens with zero attached hydrogens (tertiary/aromatic N) is 1. The molecule has 0 spiro atoms. The van der Waals surface area contributed by atoms with Crippen LogP contribution in [0.4, 0.5) is 0 Å². The molecule has 0 atom stereocenters. The average Bonchev–Trinajstić information content (AvgIpc) is 3.09. The highest BCUT2D eigenvalue weighted by Crippen LogP contribution is 2.30. The van der Waals surface area contributed by atoms with E-state index >= 15 is 0 Å². The highest BCUT2D eigenvalue weighted by atomic mass is 35.5. The van der Waals surface area contributed by atoms with E-state index in [1.165, 1.54) is 26.2 Å². The van der Waals surface area contributed by atoms with Gasteiger partial charge in [-0.15, -0.1) is 0 Å². The molecule has 0 saturated heterocycles. The molecule has 7 nitrogen and oxygen atoms in total. The summed E-state index contributed by atoms with van der Waals surface area (Å²) in [6.07, 6.45) is 2.44. The number of benzene rings is 2. The van der Waals surface area contributed by atoms with Crippen molar-refractivity contribution in [2.45, 2.75) is 11.3 Å². The molecule has 1 heterocycles. The normalized spacial score (nSPS) is 11.8. The van der Waals surface area contributed by atoms with E-state index in [2.05, 4.69) is 10.3 Å². The molecule has 2 N–H and O–H groups in total. The Kier molecular flexibility index (Phi) is 6.62. The highest BCUT2D eigenvalue weighted by molar-refractivity contribution is 7.89. The number of hydrogen-bond donors (Lipinski definition) is 2. The van der Waals surface area contributed by atoms with Crippen LogP contribution in [0.1, 0.15) is 15.9 Å². The van der Waals surface area contributed by atoms with Gasteiger partial charge in [0, 0.05) is 37.7 Å². The van der Waals surface area contributed by atoms with E-state index in [1.807, 2.05) is 24.4 Å². The largest absolute Gasteiger partial charge is 0.497 e. The van der Waals surface area contributed by atoms with Crippen molar-refractivity contribution in [1.82, 2.24) is 14.6 Å². The molecule has 1 aromatic heterocycles. The Balaban J connectivity index is 1.77. The fraction of sp³-hybridized carbons (Fsp3) is 0.250. The van der Waals surface area contributed by atoms with Crippen LogP contribution in [-0.2, 0) is 16.4 Å². The lowest BCUT2D eigenvalue weighted by Crippen LogP contribution is -2.27. The summed E-state index contributed by atoms with van der Waals surface area (Å²) in [5.74, 6) is 0.263. The number of H-pyrrole nitrogens is 1. The predicted octanol–water partition coefficient (Wildman–Crippen LogP) is 3.71. The van der Waals surface area contributed by atoms with Crippen LogP contribution in [-0.4, -0.2) is 51.4 Å². The first kappa shape index (κ1) is 22.4. The number of fused-ring (bicyclic) bond motifs is 1. The van der Waals surface area contributed by atoms with Crippen molar-refractivity contribution in [3.05, 3.63) is 57.7 Å². The molecule has 1 amide bonds. The topological polar surface area (TPSA) is 91.5 Å². The maximum atomic E-state index is 12.6. The van der Waals surface area contributed by atoms with Crippen molar-refractivity contribution in [3.8, 4) is 5.75 Å². The molecule has 3 rings (SSSR count). The van der Waals surface area contributed by atoms with Gasteiger partial charge in [-0.25, -0.2) is 12.7 Å². The Morgan fingerprint density at radius 2 is 1.90 bits per heavy atom. The van der Waals surface area contributed by atoms with Crippen LogP contribution in [0.3, 0.4) is 0 Å². The second-order valence-electron chi connectivity index (χ2n) is 6.78. The third kappa shape index (κ3) is 4.41. The third-order valence-corrected chi connectivity index (χ3v) is 7.27. The standard InChI is InChI=1S/C20H21Cl2N3O4S/c1-25(2)30(27,28)19-9-15(16(21)10-17(19)22)20(26)23-7-6-12-11-24-18-5-4-13(29-3)8-14(12)18/h4-5,8-11,24H,6-7H2,1-3H3,(H,23,26). The van der Waals surface area contributed by atoms with Crippen molar-refractivity contribution in [1.29, 1.82) is 0 Å². The maximum absolute atomic E-state index is 12.6. The van der Waals surface area contributed by atoms with E-state index in [-0.39, 0.29) is 20.5 Å². The molecule has 0 fully saturated rings. The number of hydrogen-bond acceptors (Lipinski definition) is 4. The molecular formula is C20H21Cl2N3O4S. The van der Waals surface area contributed by atoms with E-state index in [0.29, 0.717) is 13.0 Å². The number of methoxy groups -OCH3 is 1. The summed E-state index contributed by atoms with van der Waals surface area (Å²) in [6.45, 7) is 0.331. The summed E-state index contributed by atoms with van der Waals surface area (Å²) in [4.78, 5) is 15.7. The van der Waals surface area contributed by atoms with Gasteiger partial charge in [0.05, 0.1) is 22.7 Å². The Morgan fingerprint density at radius 3 is 2.57 bits per heavy atom. The van der Waals surface area contributed by atoms with Gasteiger partial charge in [-0.2, -0.15) is 0 Å². The first-order valence-electron chi connectivity index (χ1n) is 8.99. The lowest BCUT2D eigenvalue weighted by atomic mass is 10.1. The summed E-state index contributed by atoms with van der Waals surface area (Å²) >= 11 is 12.2. The second-order valence-corrected chi connectivity index (χ2v) is 9.72. The first-order valence-corrected chi connectivity index (χ1v) is 11.2. The van der Waals surface area contributed by atoms with Crippen LogP contribution >= 0.6 is 23.2 Å².